The normalized spacial score (nSPS) is 11.2. The van der Waals surface area contributed by atoms with Gasteiger partial charge < -0.3 is 18.9 Å². The first-order chi connectivity index (χ1) is 21.9. The molecule has 45 heavy (non-hydrogen) atoms. The Morgan fingerprint density at radius 2 is 1.20 bits per heavy atom. The fraction of sp³-hybridized carbons (Fsp3) is 0.564. The third kappa shape index (κ3) is 11.7. The van der Waals surface area contributed by atoms with Crippen LogP contribution in [0.4, 0.5) is 0 Å². The van der Waals surface area contributed by atoms with Gasteiger partial charge in [0.2, 0.25) is 11.5 Å². The van der Waals surface area contributed by atoms with Crippen LogP contribution in [-0.4, -0.2) is 19.2 Å². The van der Waals surface area contributed by atoms with E-state index in [1.165, 1.54) is 17.5 Å². The van der Waals surface area contributed by atoms with Gasteiger partial charge in [-0.05, 0) is 44.7 Å². The Morgan fingerprint density at radius 1 is 0.644 bits per heavy atom. The Morgan fingerprint density at radius 3 is 1.80 bits per heavy atom. The average molecular weight is 639 g/mol. The first-order valence-electron chi connectivity index (χ1n) is 17.3. The molecule has 3 rings (SSSR count). The molecule has 0 spiro atoms. The fourth-order valence-corrected chi connectivity index (χ4v) is 5.90. The standard InChI is InChI=1S/C39H55ClO5/c1-6-9-12-15-16-22-34(41)45-37-35-32(20-19-21-33(35)40)36(44-28-31-26-29(4)25-30(5)27-31)38(42-23-17-13-10-7-2)39(37)43-24-18-14-11-8-3/h19-21,25-27H,6-18,22-24,28H2,1-5H3. The van der Waals surface area contributed by atoms with Gasteiger partial charge in [-0.25, -0.2) is 0 Å². The summed E-state index contributed by atoms with van der Waals surface area (Å²) >= 11 is 6.88. The lowest BCUT2D eigenvalue weighted by molar-refractivity contribution is -0.134. The maximum absolute atomic E-state index is 13.3. The lowest BCUT2D eigenvalue weighted by Crippen LogP contribution is -2.12. The quantitative estimate of drug-likeness (QED) is 0.0622. The molecule has 0 aliphatic heterocycles. The second-order valence-electron chi connectivity index (χ2n) is 12.2. The highest BCUT2D eigenvalue weighted by atomic mass is 35.5. The number of rotatable bonds is 22. The highest BCUT2D eigenvalue weighted by Crippen LogP contribution is 2.53. The minimum Gasteiger partial charge on any atom is -0.486 e. The summed E-state index contributed by atoms with van der Waals surface area (Å²) in [4.78, 5) is 13.3. The van der Waals surface area contributed by atoms with Gasteiger partial charge >= 0.3 is 5.97 Å². The van der Waals surface area contributed by atoms with Crippen molar-refractivity contribution in [1.82, 2.24) is 0 Å². The van der Waals surface area contributed by atoms with Crippen molar-refractivity contribution in [2.45, 2.75) is 131 Å². The Kier molecular flexibility index (Phi) is 16.4. The molecule has 0 aromatic heterocycles. The Balaban J connectivity index is 2.09. The molecular weight excluding hydrogens is 584 g/mol. The highest BCUT2D eigenvalue weighted by molar-refractivity contribution is 6.36. The van der Waals surface area contributed by atoms with Crippen LogP contribution in [0.1, 0.15) is 127 Å². The van der Waals surface area contributed by atoms with Crippen LogP contribution in [0.15, 0.2) is 36.4 Å². The third-order valence-corrected chi connectivity index (χ3v) is 8.27. The third-order valence-electron chi connectivity index (χ3n) is 7.96. The summed E-state index contributed by atoms with van der Waals surface area (Å²) in [6.07, 6.45) is 14.1. The summed E-state index contributed by atoms with van der Waals surface area (Å²) in [6, 6.07) is 12.1. The molecule has 248 valence electrons. The topological polar surface area (TPSA) is 54.0 Å². The maximum Gasteiger partial charge on any atom is 0.311 e. The zero-order valence-electron chi connectivity index (χ0n) is 28.4. The maximum atomic E-state index is 13.3. The Labute approximate surface area is 276 Å². The molecule has 3 aromatic carbocycles. The number of benzene rings is 3. The van der Waals surface area contributed by atoms with Gasteiger partial charge in [0.1, 0.15) is 6.61 Å². The van der Waals surface area contributed by atoms with Gasteiger partial charge in [0.25, 0.3) is 0 Å². The van der Waals surface area contributed by atoms with Crippen LogP contribution in [0.25, 0.3) is 10.8 Å². The SMILES string of the molecule is CCCCCCCC(=O)Oc1c(OCCCCCC)c(OCCCCCC)c(OCc2cc(C)cc(C)c2)c2cccc(Cl)c12. The van der Waals surface area contributed by atoms with Crippen molar-refractivity contribution in [1.29, 1.82) is 0 Å². The van der Waals surface area contributed by atoms with Gasteiger partial charge in [0, 0.05) is 11.8 Å². The summed E-state index contributed by atoms with van der Waals surface area (Å²) < 4.78 is 25.8. The number of ether oxygens (including phenoxy) is 4. The summed E-state index contributed by atoms with van der Waals surface area (Å²) in [5.74, 6) is 1.47. The zero-order valence-corrected chi connectivity index (χ0v) is 29.2. The molecule has 0 aliphatic rings. The van der Waals surface area contributed by atoms with Crippen molar-refractivity contribution in [2.75, 3.05) is 13.2 Å². The van der Waals surface area contributed by atoms with E-state index in [0.717, 1.165) is 88.0 Å². The van der Waals surface area contributed by atoms with Crippen molar-refractivity contribution in [2.24, 2.45) is 0 Å². The first-order valence-corrected chi connectivity index (χ1v) is 17.7. The van der Waals surface area contributed by atoms with Crippen LogP contribution < -0.4 is 18.9 Å². The van der Waals surface area contributed by atoms with Crippen molar-refractivity contribution in [3.8, 4) is 23.0 Å². The predicted octanol–water partition coefficient (Wildman–Crippen LogP) is 11.9. The molecule has 0 fully saturated rings. The number of unbranched alkanes of at least 4 members (excludes halogenated alkanes) is 10. The average Bonchev–Trinajstić information content (AvgIpc) is 3.00. The predicted molar refractivity (Wildman–Crippen MR) is 187 cm³/mol. The molecule has 0 saturated carbocycles. The lowest BCUT2D eigenvalue weighted by atomic mass is 10.1. The van der Waals surface area contributed by atoms with E-state index in [1.807, 2.05) is 18.2 Å². The molecule has 0 unspecified atom stereocenters. The number of hydrogen-bond acceptors (Lipinski definition) is 5. The van der Waals surface area contributed by atoms with Crippen LogP contribution in [-0.2, 0) is 11.4 Å². The monoisotopic (exact) mass is 638 g/mol. The van der Waals surface area contributed by atoms with E-state index in [1.54, 1.807) is 0 Å². The molecule has 0 N–H and O–H groups in total. The molecule has 0 bridgehead atoms. The van der Waals surface area contributed by atoms with E-state index >= 15 is 0 Å². The van der Waals surface area contributed by atoms with Crippen molar-refractivity contribution in [3.05, 3.63) is 58.1 Å². The molecule has 5 nitrogen and oxygen atoms in total. The largest absolute Gasteiger partial charge is 0.486 e. The Hall–Kier alpha value is -2.92. The fourth-order valence-electron chi connectivity index (χ4n) is 5.64. The van der Waals surface area contributed by atoms with Gasteiger partial charge in [-0.1, -0.05) is 138 Å². The summed E-state index contributed by atoms with van der Waals surface area (Å²) in [5, 5.41) is 1.81. The summed E-state index contributed by atoms with van der Waals surface area (Å²) in [6.45, 7) is 12.1. The number of carbonyl (C=O) groups excluding carboxylic acids is 1. The molecule has 3 aromatic rings. The molecular formula is C39H55ClO5. The van der Waals surface area contributed by atoms with Crippen molar-refractivity contribution in [3.63, 3.8) is 0 Å². The molecule has 0 aliphatic carbocycles. The van der Waals surface area contributed by atoms with Crippen LogP contribution in [0.3, 0.4) is 0 Å². The van der Waals surface area contributed by atoms with E-state index in [2.05, 4.69) is 52.8 Å². The highest BCUT2D eigenvalue weighted by Gasteiger charge is 2.28. The van der Waals surface area contributed by atoms with Crippen LogP contribution in [0.5, 0.6) is 23.0 Å². The van der Waals surface area contributed by atoms with Gasteiger partial charge in [-0.15, -0.1) is 0 Å². The number of fused-ring (bicyclic) bond motifs is 1. The number of carbonyl (C=O) groups is 1. The number of hydrogen-bond donors (Lipinski definition) is 0. The minimum atomic E-state index is -0.290. The molecule has 0 amide bonds. The van der Waals surface area contributed by atoms with Crippen LogP contribution in [0.2, 0.25) is 5.02 Å². The van der Waals surface area contributed by atoms with Crippen molar-refractivity contribution < 1.29 is 23.7 Å². The molecule has 0 radical (unpaired) electrons. The van der Waals surface area contributed by atoms with Gasteiger partial charge in [-0.3, -0.25) is 4.79 Å². The summed E-state index contributed by atoms with van der Waals surface area (Å²) in [7, 11) is 0. The Bertz CT molecular complexity index is 1310. The smallest absolute Gasteiger partial charge is 0.311 e. The van der Waals surface area contributed by atoms with E-state index in [9.17, 15) is 4.79 Å². The van der Waals surface area contributed by atoms with Gasteiger partial charge in [0.15, 0.2) is 11.5 Å². The van der Waals surface area contributed by atoms with E-state index in [4.69, 9.17) is 30.5 Å². The summed E-state index contributed by atoms with van der Waals surface area (Å²) in [5.41, 5.74) is 3.43. The molecule has 0 heterocycles. The number of aryl methyl sites for hydroxylation is 2. The zero-order chi connectivity index (χ0) is 32.4. The molecule has 0 atom stereocenters. The number of esters is 1. The van der Waals surface area contributed by atoms with Gasteiger partial charge in [-0.2, -0.15) is 0 Å². The van der Waals surface area contributed by atoms with Gasteiger partial charge in [0.05, 0.1) is 23.6 Å². The van der Waals surface area contributed by atoms with Crippen LogP contribution in [0, 0.1) is 13.8 Å². The van der Waals surface area contributed by atoms with Crippen molar-refractivity contribution >= 4 is 28.3 Å². The van der Waals surface area contributed by atoms with Crippen LogP contribution >= 0.6 is 11.6 Å². The molecule has 0 saturated heterocycles. The first kappa shape index (κ1) is 36.5. The van der Waals surface area contributed by atoms with E-state index < -0.39 is 0 Å². The molecule has 6 heteroatoms. The second kappa shape index (κ2) is 20.3. The second-order valence-corrected chi connectivity index (χ2v) is 12.6. The lowest BCUT2D eigenvalue weighted by Gasteiger charge is -2.23. The van der Waals surface area contributed by atoms with E-state index in [0.29, 0.717) is 59.6 Å². The van der Waals surface area contributed by atoms with E-state index in [-0.39, 0.29) is 5.97 Å². The number of halogens is 1. The minimum absolute atomic E-state index is 0.290.